The molecule has 0 heterocycles. The monoisotopic (exact) mass is 516 g/mol. The molecule has 0 aliphatic heterocycles. The Morgan fingerprint density at radius 3 is 2.50 bits per heavy atom. The number of aliphatic imine (C=N–C) groups is 1. The molecule has 0 aromatic heterocycles. The molecule has 152 valence electrons. The quantitative estimate of drug-likeness (QED) is 0.287. The molecule has 28 heavy (non-hydrogen) atoms. The van der Waals surface area contributed by atoms with Crippen LogP contribution in [0.15, 0.2) is 53.5 Å². The van der Waals surface area contributed by atoms with Gasteiger partial charge in [-0.05, 0) is 29.7 Å². The maximum atomic E-state index is 12.0. The lowest BCUT2D eigenvalue weighted by molar-refractivity contribution is -0.120. The fourth-order valence-corrected chi connectivity index (χ4v) is 2.68. The van der Waals surface area contributed by atoms with Crippen molar-refractivity contribution in [2.24, 2.45) is 4.99 Å². The van der Waals surface area contributed by atoms with Crippen LogP contribution in [0.3, 0.4) is 0 Å². The molecule has 2 rings (SSSR count). The zero-order valence-electron chi connectivity index (χ0n) is 16.0. The van der Waals surface area contributed by atoms with Gasteiger partial charge in [-0.2, -0.15) is 0 Å². The van der Waals surface area contributed by atoms with Gasteiger partial charge in [-0.3, -0.25) is 9.79 Å². The number of benzene rings is 2. The first-order chi connectivity index (χ1) is 13.1. The van der Waals surface area contributed by atoms with Gasteiger partial charge < -0.3 is 20.7 Å². The molecule has 0 radical (unpaired) electrons. The first-order valence-electron chi connectivity index (χ1n) is 8.70. The summed E-state index contributed by atoms with van der Waals surface area (Å²) < 4.78 is 5.15. The van der Waals surface area contributed by atoms with E-state index in [2.05, 4.69) is 20.9 Å². The van der Waals surface area contributed by atoms with E-state index in [1.54, 1.807) is 20.2 Å². The van der Waals surface area contributed by atoms with Gasteiger partial charge in [-0.1, -0.05) is 48.0 Å². The topological polar surface area (TPSA) is 74.8 Å². The van der Waals surface area contributed by atoms with Gasteiger partial charge in [0.2, 0.25) is 5.91 Å². The number of carbonyl (C=O) groups is 1. The molecule has 0 bridgehead atoms. The van der Waals surface area contributed by atoms with Crippen LogP contribution in [0.5, 0.6) is 5.75 Å². The van der Waals surface area contributed by atoms with E-state index in [1.807, 2.05) is 42.5 Å². The van der Waals surface area contributed by atoms with Crippen molar-refractivity contribution in [1.82, 2.24) is 16.0 Å². The van der Waals surface area contributed by atoms with Crippen molar-refractivity contribution in [1.29, 1.82) is 0 Å². The first-order valence-corrected chi connectivity index (χ1v) is 9.07. The SMILES string of the molecule is CN=C(NCCc1ccc(OC)cc1Cl)NCC(=O)NCc1ccccc1.I. The highest BCUT2D eigenvalue weighted by molar-refractivity contribution is 14.0. The number of ether oxygens (including phenoxy) is 1. The van der Waals surface area contributed by atoms with Crippen LogP contribution in [0.25, 0.3) is 0 Å². The summed E-state index contributed by atoms with van der Waals surface area (Å²) in [5, 5.41) is 9.70. The number of guanidine groups is 1. The van der Waals surface area contributed by atoms with Gasteiger partial charge in [0.1, 0.15) is 5.75 Å². The van der Waals surface area contributed by atoms with E-state index in [0.29, 0.717) is 24.1 Å². The lowest BCUT2D eigenvalue weighted by Gasteiger charge is -2.13. The summed E-state index contributed by atoms with van der Waals surface area (Å²) in [5.74, 6) is 1.20. The third-order valence-electron chi connectivity index (χ3n) is 3.92. The lowest BCUT2D eigenvalue weighted by atomic mass is 10.1. The molecule has 2 aromatic carbocycles. The average molecular weight is 517 g/mol. The normalized spacial score (nSPS) is 10.6. The van der Waals surface area contributed by atoms with E-state index in [0.717, 1.165) is 23.3 Å². The summed E-state index contributed by atoms with van der Waals surface area (Å²) in [5.41, 5.74) is 2.07. The molecule has 0 unspecified atom stereocenters. The Kier molecular flexibility index (Phi) is 11.4. The third kappa shape index (κ3) is 8.35. The summed E-state index contributed by atoms with van der Waals surface area (Å²) in [6.07, 6.45) is 0.726. The van der Waals surface area contributed by atoms with Crippen molar-refractivity contribution in [3.8, 4) is 5.75 Å². The number of halogens is 2. The van der Waals surface area contributed by atoms with E-state index in [1.165, 1.54) is 0 Å². The largest absolute Gasteiger partial charge is 0.497 e. The molecular formula is C20H26ClIN4O2. The van der Waals surface area contributed by atoms with Crippen molar-refractivity contribution in [3.05, 3.63) is 64.7 Å². The molecule has 0 fully saturated rings. The first kappa shape index (κ1) is 24.0. The van der Waals surface area contributed by atoms with Crippen LogP contribution < -0.4 is 20.7 Å². The Morgan fingerprint density at radius 1 is 1.11 bits per heavy atom. The smallest absolute Gasteiger partial charge is 0.239 e. The van der Waals surface area contributed by atoms with Crippen LogP contribution in [-0.4, -0.2) is 39.1 Å². The Morgan fingerprint density at radius 2 is 1.86 bits per heavy atom. The van der Waals surface area contributed by atoms with Crippen molar-refractivity contribution in [2.75, 3.05) is 27.2 Å². The highest BCUT2D eigenvalue weighted by atomic mass is 127. The minimum absolute atomic E-state index is 0. The Bertz CT molecular complexity index is 772. The number of hydrogen-bond acceptors (Lipinski definition) is 3. The molecule has 0 saturated carbocycles. The van der Waals surface area contributed by atoms with Crippen LogP contribution in [0.4, 0.5) is 0 Å². The predicted molar refractivity (Wildman–Crippen MR) is 125 cm³/mol. The standard InChI is InChI=1S/C20H25ClN4O2.HI/c1-22-20(23-11-10-16-8-9-17(27-2)12-18(16)21)25-14-19(26)24-13-15-6-4-3-5-7-15;/h3-9,12H,10-11,13-14H2,1-2H3,(H,24,26)(H2,22,23,25);1H. The second-order valence-corrected chi connectivity index (χ2v) is 6.23. The number of amides is 1. The van der Waals surface area contributed by atoms with Gasteiger partial charge in [-0.25, -0.2) is 0 Å². The minimum Gasteiger partial charge on any atom is -0.497 e. The summed E-state index contributed by atoms with van der Waals surface area (Å²) in [7, 11) is 3.27. The number of methoxy groups -OCH3 is 1. The number of rotatable bonds is 8. The molecule has 8 heteroatoms. The van der Waals surface area contributed by atoms with Crippen molar-refractivity contribution < 1.29 is 9.53 Å². The fourth-order valence-electron chi connectivity index (χ4n) is 2.42. The fraction of sp³-hybridized carbons (Fsp3) is 0.300. The Hall–Kier alpha value is -2.00. The summed E-state index contributed by atoms with van der Waals surface area (Å²) in [4.78, 5) is 16.1. The molecule has 0 spiro atoms. The molecule has 0 atom stereocenters. The van der Waals surface area contributed by atoms with Crippen molar-refractivity contribution in [2.45, 2.75) is 13.0 Å². The van der Waals surface area contributed by atoms with Crippen LogP contribution in [0.1, 0.15) is 11.1 Å². The molecule has 2 aromatic rings. The van der Waals surface area contributed by atoms with Crippen LogP contribution in [-0.2, 0) is 17.8 Å². The van der Waals surface area contributed by atoms with E-state index in [9.17, 15) is 4.79 Å². The average Bonchev–Trinajstić information content (AvgIpc) is 2.70. The summed E-state index contributed by atoms with van der Waals surface area (Å²) in [6.45, 7) is 1.29. The second kappa shape index (κ2) is 13.2. The second-order valence-electron chi connectivity index (χ2n) is 5.82. The van der Waals surface area contributed by atoms with Gasteiger partial charge in [0.15, 0.2) is 5.96 Å². The van der Waals surface area contributed by atoms with Gasteiger partial charge >= 0.3 is 0 Å². The molecule has 6 nitrogen and oxygen atoms in total. The molecule has 1 amide bonds. The zero-order chi connectivity index (χ0) is 19.5. The predicted octanol–water partition coefficient (Wildman–Crippen LogP) is 2.99. The third-order valence-corrected chi connectivity index (χ3v) is 4.27. The maximum Gasteiger partial charge on any atom is 0.239 e. The van der Waals surface area contributed by atoms with E-state index in [4.69, 9.17) is 16.3 Å². The van der Waals surface area contributed by atoms with E-state index in [-0.39, 0.29) is 36.4 Å². The van der Waals surface area contributed by atoms with Crippen molar-refractivity contribution in [3.63, 3.8) is 0 Å². The number of carbonyl (C=O) groups excluding carboxylic acids is 1. The van der Waals surface area contributed by atoms with Gasteiger partial charge in [0.05, 0.1) is 13.7 Å². The number of hydrogen-bond donors (Lipinski definition) is 3. The lowest BCUT2D eigenvalue weighted by Crippen LogP contribution is -2.43. The molecule has 3 N–H and O–H groups in total. The number of nitrogens with zero attached hydrogens (tertiary/aromatic N) is 1. The van der Waals surface area contributed by atoms with Crippen LogP contribution in [0.2, 0.25) is 5.02 Å². The van der Waals surface area contributed by atoms with Crippen LogP contribution in [0, 0.1) is 0 Å². The van der Waals surface area contributed by atoms with E-state index < -0.39 is 0 Å². The van der Waals surface area contributed by atoms with Gasteiger partial charge in [0.25, 0.3) is 0 Å². The van der Waals surface area contributed by atoms with E-state index >= 15 is 0 Å². The van der Waals surface area contributed by atoms with Gasteiger partial charge in [-0.15, -0.1) is 24.0 Å². The van der Waals surface area contributed by atoms with Crippen LogP contribution >= 0.6 is 35.6 Å². The molecule has 0 aliphatic carbocycles. The summed E-state index contributed by atoms with van der Waals surface area (Å²) >= 11 is 6.24. The molecule has 0 saturated heterocycles. The minimum atomic E-state index is -0.0972. The molecule has 0 aliphatic rings. The highest BCUT2D eigenvalue weighted by Crippen LogP contribution is 2.22. The number of nitrogens with one attached hydrogen (secondary N) is 3. The molecular weight excluding hydrogens is 491 g/mol. The Balaban J connectivity index is 0.00000392. The zero-order valence-corrected chi connectivity index (χ0v) is 19.1. The summed E-state index contributed by atoms with van der Waals surface area (Å²) in [6, 6.07) is 15.4. The Labute approximate surface area is 188 Å². The maximum absolute atomic E-state index is 12.0. The van der Waals surface area contributed by atoms with Crippen molar-refractivity contribution >= 4 is 47.4 Å². The highest BCUT2D eigenvalue weighted by Gasteiger charge is 2.05. The van der Waals surface area contributed by atoms with Gasteiger partial charge in [0, 0.05) is 25.2 Å².